The van der Waals surface area contributed by atoms with E-state index in [1.807, 2.05) is 25.1 Å². The maximum Gasteiger partial charge on any atom is 0.319 e. The van der Waals surface area contributed by atoms with Crippen molar-refractivity contribution >= 4 is 27.6 Å². The monoisotopic (exact) mass is 370 g/mol. The number of nitrogens with one attached hydrogen (secondary N) is 3. The Morgan fingerprint density at radius 2 is 1.92 bits per heavy atom. The highest BCUT2D eigenvalue weighted by atomic mass is 32.2. The van der Waals surface area contributed by atoms with Crippen LogP contribution in [0.3, 0.4) is 0 Å². The number of carbonyl (C=O) groups is 2. The molecule has 1 aromatic carbocycles. The SMILES string of the molecule is CCN(CCCNC(=O)CNC(=O)Nc1cccc(C)c1)S(C)(=O)=O. The third kappa shape index (κ3) is 8.50. The standard InChI is InChI=1S/C16H26N4O4S/c1-4-20(25(3,23)24)10-6-9-17-15(21)12-18-16(22)19-14-8-5-7-13(2)11-14/h5,7-8,11H,4,6,9-10,12H2,1-3H3,(H,17,21)(H2,18,19,22). The molecule has 0 aromatic heterocycles. The van der Waals surface area contributed by atoms with Crippen LogP contribution in [0.4, 0.5) is 10.5 Å². The van der Waals surface area contributed by atoms with Crippen LogP contribution in [0.2, 0.25) is 0 Å². The zero-order valence-corrected chi connectivity index (χ0v) is 15.6. The third-order valence-corrected chi connectivity index (χ3v) is 4.79. The fourth-order valence-electron chi connectivity index (χ4n) is 2.16. The molecule has 0 saturated carbocycles. The summed E-state index contributed by atoms with van der Waals surface area (Å²) in [6.45, 7) is 4.61. The number of carbonyl (C=O) groups excluding carboxylic acids is 2. The molecule has 1 aromatic rings. The Morgan fingerprint density at radius 3 is 2.52 bits per heavy atom. The summed E-state index contributed by atoms with van der Waals surface area (Å²) in [4.78, 5) is 23.4. The lowest BCUT2D eigenvalue weighted by Crippen LogP contribution is -2.40. The van der Waals surface area contributed by atoms with Crippen molar-refractivity contribution in [2.45, 2.75) is 20.3 Å². The molecule has 1 rings (SSSR count). The van der Waals surface area contributed by atoms with Gasteiger partial charge in [-0.05, 0) is 31.0 Å². The zero-order chi connectivity index (χ0) is 18.9. The van der Waals surface area contributed by atoms with Gasteiger partial charge in [0.25, 0.3) is 0 Å². The lowest BCUT2D eigenvalue weighted by Gasteiger charge is -2.17. The Bertz CT molecular complexity index is 691. The van der Waals surface area contributed by atoms with E-state index in [-0.39, 0.29) is 12.5 Å². The maximum absolute atomic E-state index is 11.7. The highest BCUT2D eigenvalue weighted by molar-refractivity contribution is 7.88. The van der Waals surface area contributed by atoms with Crippen molar-refractivity contribution in [3.05, 3.63) is 29.8 Å². The molecule has 3 amide bonds. The number of aryl methyl sites for hydroxylation is 1. The van der Waals surface area contributed by atoms with Crippen LogP contribution in [0.15, 0.2) is 24.3 Å². The molecule has 25 heavy (non-hydrogen) atoms. The van der Waals surface area contributed by atoms with Gasteiger partial charge in [0.2, 0.25) is 15.9 Å². The summed E-state index contributed by atoms with van der Waals surface area (Å²) in [6, 6.07) is 6.86. The molecule has 0 aliphatic heterocycles. The average molecular weight is 370 g/mol. The first kappa shape index (κ1) is 20.9. The van der Waals surface area contributed by atoms with Gasteiger partial charge in [0, 0.05) is 25.3 Å². The van der Waals surface area contributed by atoms with Crippen LogP contribution in [-0.2, 0) is 14.8 Å². The summed E-state index contributed by atoms with van der Waals surface area (Å²) in [6.07, 6.45) is 1.66. The van der Waals surface area contributed by atoms with Gasteiger partial charge in [0.15, 0.2) is 0 Å². The van der Waals surface area contributed by atoms with Crippen molar-refractivity contribution in [3.63, 3.8) is 0 Å². The van der Waals surface area contributed by atoms with E-state index in [9.17, 15) is 18.0 Å². The predicted molar refractivity (Wildman–Crippen MR) is 97.9 cm³/mol. The largest absolute Gasteiger partial charge is 0.355 e. The van der Waals surface area contributed by atoms with E-state index in [1.54, 1.807) is 13.0 Å². The summed E-state index contributed by atoms with van der Waals surface area (Å²) in [7, 11) is -3.21. The molecule has 9 heteroatoms. The van der Waals surface area contributed by atoms with Gasteiger partial charge in [-0.3, -0.25) is 4.79 Å². The van der Waals surface area contributed by atoms with Crippen molar-refractivity contribution in [2.24, 2.45) is 0 Å². The third-order valence-electron chi connectivity index (χ3n) is 3.41. The number of hydrogen-bond donors (Lipinski definition) is 3. The normalized spacial score (nSPS) is 11.2. The van der Waals surface area contributed by atoms with Crippen molar-refractivity contribution in [1.29, 1.82) is 0 Å². The van der Waals surface area contributed by atoms with E-state index < -0.39 is 16.1 Å². The van der Waals surface area contributed by atoms with Crippen LogP contribution in [-0.4, -0.2) is 57.1 Å². The number of urea groups is 1. The fourth-order valence-corrected chi connectivity index (χ4v) is 3.09. The lowest BCUT2D eigenvalue weighted by molar-refractivity contribution is -0.120. The molecule has 3 N–H and O–H groups in total. The van der Waals surface area contributed by atoms with E-state index in [1.165, 1.54) is 4.31 Å². The Labute approximate surface area is 149 Å². The minimum Gasteiger partial charge on any atom is -0.355 e. The number of nitrogens with zero attached hydrogens (tertiary/aromatic N) is 1. The maximum atomic E-state index is 11.7. The van der Waals surface area contributed by atoms with Gasteiger partial charge in [-0.2, -0.15) is 0 Å². The molecule has 0 unspecified atom stereocenters. The van der Waals surface area contributed by atoms with Gasteiger partial charge in [-0.1, -0.05) is 19.1 Å². The first-order valence-corrected chi connectivity index (χ1v) is 9.90. The van der Waals surface area contributed by atoms with Crippen molar-refractivity contribution in [2.75, 3.05) is 37.8 Å². The van der Waals surface area contributed by atoms with Crippen molar-refractivity contribution in [3.8, 4) is 0 Å². The highest BCUT2D eigenvalue weighted by Crippen LogP contribution is 2.08. The smallest absolute Gasteiger partial charge is 0.319 e. The van der Waals surface area contributed by atoms with Gasteiger partial charge in [-0.25, -0.2) is 17.5 Å². The Hall–Kier alpha value is -2.13. The van der Waals surface area contributed by atoms with Gasteiger partial charge in [-0.15, -0.1) is 0 Å². The molecule has 8 nitrogen and oxygen atoms in total. The second kappa shape index (κ2) is 10.00. The summed E-state index contributed by atoms with van der Waals surface area (Å²) >= 11 is 0. The van der Waals surface area contributed by atoms with Crippen LogP contribution in [0.5, 0.6) is 0 Å². The van der Waals surface area contributed by atoms with Gasteiger partial charge in [0.1, 0.15) is 0 Å². The molecule has 0 bridgehead atoms. The first-order valence-electron chi connectivity index (χ1n) is 8.05. The fraction of sp³-hybridized carbons (Fsp3) is 0.500. The number of sulfonamides is 1. The molecular weight excluding hydrogens is 344 g/mol. The molecule has 0 heterocycles. The Morgan fingerprint density at radius 1 is 1.20 bits per heavy atom. The molecule has 0 spiro atoms. The topological polar surface area (TPSA) is 108 Å². The van der Waals surface area contributed by atoms with E-state index >= 15 is 0 Å². The second-order valence-electron chi connectivity index (χ2n) is 5.64. The molecule has 140 valence electrons. The van der Waals surface area contributed by atoms with Crippen molar-refractivity contribution < 1.29 is 18.0 Å². The zero-order valence-electron chi connectivity index (χ0n) is 14.8. The summed E-state index contributed by atoms with van der Waals surface area (Å²) in [5.74, 6) is -0.332. The number of hydrogen-bond acceptors (Lipinski definition) is 4. The van der Waals surface area contributed by atoms with Gasteiger partial charge >= 0.3 is 6.03 Å². The Kier molecular flexibility index (Phi) is 8.36. The van der Waals surface area contributed by atoms with E-state index in [0.717, 1.165) is 11.8 Å². The minimum absolute atomic E-state index is 0.152. The number of anilines is 1. The Balaban J connectivity index is 2.23. The molecule has 0 atom stereocenters. The number of rotatable bonds is 9. The highest BCUT2D eigenvalue weighted by Gasteiger charge is 2.13. The van der Waals surface area contributed by atoms with Crippen LogP contribution in [0.25, 0.3) is 0 Å². The quantitative estimate of drug-likeness (QED) is 0.561. The van der Waals surface area contributed by atoms with E-state index in [4.69, 9.17) is 0 Å². The predicted octanol–water partition coefficient (Wildman–Crippen LogP) is 0.904. The minimum atomic E-state index is -3.21. The molecule has 0 saturated heterocycles. The molecular formula is C16H26N4O4S. The second-order valence-corrected chi connectivity index (χ2v) is 7.62. The summed E-state index contributed by atoms with van der Waals surface area (Å²) < 4.78 is 24.2. The summed E-state index contributed by atoms with van der Waals surface area (Å²) in [5.41, 5.74) is 1.67. The van der Waals surface area contributed by atoms with Crippen LogP contribution >= 0.6 is 0 Å². The van der Waals surface area contributed by atoms with Crippen molar-refractivity contribution in [1.82, 2.24) is 14.9 Å². The molecule has 0 aliphatic carbocycles. The molecule has 0 radical (unpaired) electrons. The number of benzene rings is 1. The van der Waals surface area contributed by atoms with Crippen LogP contribution < -0.4 is 16.0 Å². The van der Waals surface area contributed by atoms with Gasteiger partial charge in [0.05, 0.1) is 12.8 Å². The summed E-state index contributed by atoms with van der Waals surface area (Å²) in [5, 5.41) is 7.75. The number of amides is 3. The average Bonchev–Trinajstić information content (AvgIpc) is 2.51. The molecule has 0 fully saturated rings. The molecule has 0 aliphatic rings. The lowest BCUT2D eigenvalue weighted by atomic mass is 10.2. The van der Waals surface area contributed by atoms with Gasteiger partial charge < -0.3 is 16.0 Å². The van der Waals surface area contributed by atoms with Crippen LogP contribution in [0, 0.1) is 6.92 Å². The first-order chi connectivity index (χ1) is 11.7. The van der Waals surface area contributed by atoms with Crippen LogP contribution in [0.1, 0.15) is 18.9 Å². The van der Waals surface area contributed by atoms with E-state index in [0.29, 0.717) is 31.7 Å². The van der Waals surface area contributed by atoms with E-state index in [2.05, 4.69) is 16.0 Å².